The molecule has 1 saturated heterocycles. The van der Waals surface area contributed by atoms with Crippen LogP contribution in [0.1, 0.15) is 12.8 Å². The van der Waals surface area contributed by atoms with E-state index in [1.165, 1.54) is 12.1 Å². The highest BCUT2D eigenvalue weighted by molar-refractivity contribution is 7.71. The van der Waals surface area contributed by atoms with Crippen LogP contribution in [-0.4, -0.2) is 32.4 Å². The third-order valence-electron chi connectivity index (χ3n) is 3.50. The van der Waals surface area contributed by atoms with Gasteiger partial charge in [-0.05, 0) is 37.2 Å². The molecule has 2 heterocycles. The molecule has 2 aromatic rings. The van der Waals surface area contributed by atoms with Gasteiger partial charge in [0.25, 0.3) is 5.69 Å². The zero-order valence-corrected chi connectivity index (χ0v) is 12.0. The maximum atomic E-state index is 10.7. The van der Waals surface area contributed by atoms with Crippen molar-refractivity contribution in [2.75, 3.05) is 6.61 Å². The number of nitro groups is 1. The minimum absolute atomic E-state index is 0.0542. The summed E-state index contributed by atoms with van der Waals surface area (Å²) in [5, 5.41) is 17.7. The summed E-state index contributed by atoms with van der Waals surface area (Å²) in [7, 11) is 0. The van der Waals surface area contributed by atoms with Crippen LogP contribution in [-0.2, 0) is 11.3 Å². The molecule has 110 valence electrons. The minimum atomic E-state index is -0.423. The molecule has 1 fully saturated rings. The number of nitrogens with one attached hydrogen (secondary N) is 1. The highest BCUT2D eigenvalue weighted by Crippen LogP contribution is 2.23. The van der Waals surface area contributed by atoms with Gasteiger partial charge >= 0.3 is 0 Å². The topological polar surface area (TPSA) is 86.0 Å². The third-order valence-corrected chi connectivity index (χ3v) is 3.82. The molecule has 1 unspecified atom stereocenters. The molecule has 1 aromatic heterocycles. The number of H-pyrrole nitrogens is 1. The first-order valence-corrected chi connectivity index (χ1v) is 7.07. The molecule has 0 aliphatic carbocycles. The molecule has 8 heteroatoms. The van der Waals surface area contributed by atoms with E-state index in [-0.39, 0.29) is 11.8 Å². The van der Waals surface area contributed by atoms with Crippen LogP contribution in [0.2, 0.25) is 0 Å². The lowest BCUT2D eigenvalue weighted by molar-refractivity contribution is -0.384. The summed E-state index contributed by atoms with van der Waals surface area (Å²) in [5.41, 5.74) is 0.838. The van der Waals surface area contributed by atoms with Crippen molar-refractivity contribution in [3.05, 3.63) is 39.2 Å². The molecule has 1 N–H and O–H groups in total. The van der Waals surface area contributed by atoms with Gasteiger partial charge in [0.2, 0.25) is 0 Å². The average Bonchev–Trinajstić information content (AvgIpc) is 3.11. The Bertz CT molecular complexity index is 701. The number of nitrogens with zero attached hydrogens (tertiary/aromatic N) is 3. The number of hydrogen-bond donors (Lipinski definition) is 1. The predicted octanol–water partition coefficient (Wildman–Crippen LogP) is 2.69. The second-order valence-corrected chi connectivity index (χ2v) is 5.29. The summed E-state index contributed by atoms with van der Waals surface area (Å²) in [5.74, 6) is 0.672. The molecule has 1 atom stereocenters. The fraction of sp³-hybridized carbons (Fsp3) is 0.385. The summed E-state index contributed by atoms with van der Waals surface area (Å²) >= 11 is 5.26. The lowest BCUT2D eigenvalue weighted by Gasteiger charge is -2.12. The number of aromatic amines is 1. The van der Waals surface area contributed by atoms with E-state index in [9.17, 15) is 10.1 Å². The molecule has 7 nitrogen and oxygen atoms in total. The van der Waals surface area contributed by atoms with Gasteiger partial charge in [-0.1, -0.05) is 0 Å². The van der Waals surface area contributed by atoms with Gasteiger partial charge in [-0.3, -0.25) is 19.8 Å². The minimum Gasteiger partial charge on any atom is -0.376 e. The number of aromatic nitrogens is 3. The molecular formula is C13H14N4O3S. The van der Waals surface area contributed by atoms with Crippen LogP contribution in [0.25, 0.3) is 11.4 Å². The molecule has 0 spiro atoms. The van der Waals surface area contributed by atoms with Gasteiger partial charge in [0.05, 0.1) is 17.6 Å². The van der Waals surface area contributed by atoms with Crippen LogP contribution < -0.4 is 0 Å². The lowest BCUT2D eigenvalue weighted by Crippen LogP contribution is -2.16. The summed E-state index contributed by atoms with van der Waals surface area (Å²) < 4.78 is 8.03. The van der Waals surface area contributed by atoms with Crippen molar-refractivity contribution in [1.82, 2.24) is 14.8 Å². The molecular weight excluding hydrogens is 292 g/mol. The number of ether oxygens (including phenoxy) is 1. The molecule has 1 aliphatic rings. The highest BCUT2D eigenvalue weighted by Gasteiger charge is 2.19. The molecule has 0 amide bonds. The van der Waals surface area contributed by atoms with Crippen LogP contribution in [0.4, 0.5) is 5.69 Å². The van der Waals surface area contributed by atoms with Gasteiger partial charge in [0, 0.05) is 24.3 Å². The Morgan fingerprint density at radius 2 is 2.24 bits per heavy atom. The lowest BCUT2D eigenvalue weighted by atomic mass is 10.2. The molecule has 0 radical (unpaired) electrons. The molecule has 1 aromatic carbocycles. The number of hydrogen-bond acceptors (Lipinski definition) is 5. The number of rotatable bonds is 4. The molecule has 0 saturated carbocycles. The molecule has 21 heavy (non-hydrogen) atoms. The van der Waals surface area contributed by atoms with E-state index < -0.39 is 4.92 Å². The van der Waals surface area contributed by atoms with Gasteiger partial charge in [0.15, 0.2) is 10.6 Å². The zero-order valence-electron chi connectivity index (χ0n) is 11.2. The zero-order chi connectivity index (χ0) is 14.8. The summed E-state index contributed by atoms with van der Waals surface area (Å²) in [6.07, 6.45) is 2.21. The fourth-order valence-corrected chi connectivity index (χ4v) is 2.64. The maximum absolute atomic E-state index is 10.7. The van der Waals surface area contributed by atoms with Crippen molar-refractivity contribution < 1.29 is 9.66 Å². The normalized spacial score (nSPS) is 18.0. The van der Waals surface area contributed by atoms with E-state index in [1.54, 1.807) is 12.1 Å². The van der Waals surface area contributed by atoms with Crippen molar-refractivity contribution in [1.29, 1.82) is 0 Å². The first-order valence-electron chi connectivity index (χ1n) is 6.67. The van der Waals surface area contributed by atoms with Crippen LogP contribution >= 0.6 is 12.2 Å². The summed E-state index contributed by atoms with van der Waals surface area (Å²) in [6.45, 7) is 1.42. The number of non-ortho nitro benzene ring substituents is 1. The van der Waals surface area contributed by atoms with Crippen molar-refractivity contribution in [2.24, 2.45) is 0 Å². The third kappa shape index (κ3) is 2.86. The quantitative estimate of drug-likeness (QED) is 0.533. The molecule has 0 bridgehead atoms. The second-order valence-electron chi connectivity index (χ2n) is 4.90. The Morgan fingerprint density at radius 1 is 1.48 bits per heavy atom. The van der Waals surface area contributed by atoms with Crippen molar-refractivity contribution in [2.45, 2.75) is 25.5 Å². The van der Waals surface area contributed by atoms with Crippen molar-refractivity contribution in [3.8, 4) is 11.4 Å². The van der Waals surface area contributed by atoms with Crippen LogP contribution in [0.15, 0.2) is 24.3 Å². The van der Waals surface area contributed by atoms with E-state index in [0.717, 1.165) is 25.0 Å². The Morgan fingerprint density at radius 3 is 2.86 bits per heavy atom. The van der Waals surface area contributed by atoms with Crippen molar-refractivity contribution in [3.63, 3.8) is 0 Å². The van der Waals surface area contributed by atoms with Gasteiger partial charge < -0.3 is 4.74 Å². The fourth-order valence-electron chi connectivity index (χ4n) is 2.43. The standard InChI is InChI=1S/C13H14N4O3S/c18-17(19)10-5-3-9(4-6-10)12-14-15-13(21)16(12)8-11-2-1-7-20-11/h3-6,11H,1-2,7-8H2,(H,15,21). The monoisotopic (exact) mass is 306 g/mol. The molecule has 3 rings (SSSR count). The summed E-state index contributed by atoms with van der Waals surface area (Å²) in [4.78, 5) is 10.3. The van der Waals surface area contributed by atoms with E-state index >= 15 is 0 Å². The van der Waals surface area contributed by atoms with Gasteiger partial charge in [0.1, 0.15) is 0 Å². The van der Waals surface area contributed by atoms with E-state index in [1.807, 2.05) is 4.57 Å². The predicted molar refractivity (Wildman–Crippen MR) is 78.5 cm³/mol. The highest BCUT2D eigenvalue weighted by atomic mass is 32.1. The molecule has 1 aliphatic heterocycles. The van der Waals surface area contributed by atoms with E-state index in [4.69, 9.17) is 17.0 Å². The maximum Gasteiger partial charge on any atom is 0.269 e. The first-order chi connectivity index (χ1) is 10.1. The van der Waals surface area contributed by atoms with Crippen LogP contribution in [0.3, 0.4) is 0 Å². The SMILES string of the molecule is O=[N+]([O-])c1ccc(-c2n[nH]c(=S)n2CC2CCCO2)cc1. The Balaban J connectivity index is 1.91. The van der Waals surface area contributed by atoms with Crippen LogP contribution in [0, 0.1) is 14.9 Å². The van der Waals surface area contributed by atoms with E-state index in [2.05, 4.69) is 10.2 Å². The van der Waals surface area contributed by atoms with E-state index in [0.29, 0.717) is 17.1 Å². The summed E-state index contributed by atoms with van der Waals surface area (Å²) in [6, 6.07) is 6.27. The Labute approximate surface area is 125 Å². The number of benzene rings is 1. The smallest absolute Gasteiger partial charge is 0.269 e. The van der Waals surface area contributed by atoms with Crippen molar-refractivity contribution >= 4 is 17.9 Å². The average molecular weight is 306 g/mol. The van der Waals surface area contributed by atoms with Crippen LogP contribution in [0.5, 0.6) is 0 Å². The Kier molecular flexibility index (Phi) is 3.80. The largest absolute Gasteiger partial charge is 0.376 e. The number of nitro benzene ring substituents is 1. The Hall–Kier alpha value is -2.06. The van der Waals surface area contributed by atoms with Gasteiger partial charge in [-0.25, -0.2) is 0 Å². The van der Waals surface area contributed by atoms with Gasteiger partial charge in [-0.2, -0.15) is 5.10 Å². The first kappa shape index (κ1) is 13.9. The van der Waals surface area contributed by atoms with Gasteiger partial charge in [-0.15, -0.1) is 0 Å². The second kappa shape index (κ2) is 5.74.